The van der Waals surface area contributed by atoms with Crippen LogP contribution in [0.4, 0.5) is 0 Å². The smallest absolute Gasteiger partial charge is 0.126 e. The molecule has 0 aliphatic carbocycles. The van der Waals surface area contributed by atoms with E-state index in [2.05, 4.69) is 57.8 Å². The first-order valence-corrected chi connectivity index (χ1v) is 8.60. The molecule has 1 N–H and O–H groups in total. The summed E-state index contributed by atoms with van der Waals surface area (Å²) in [7, 11) is 0. The zero-order valence-electron chi connectivity index (χ0n) is 11.5. The van der Waals surface area contributed by atoms with Crippen molar-refractivity contribution < 1.29 is 4.74 Å². The summed E-state index contributed by atoms with van der Waals surface area (Å²) in [4.78, 5) is 1.36. The van der Waals surface area contributed by atoms with Gasteiger partial charge in [0.05, 0.1) is 6.61 Å². The van der Waals surface area contributed by atoms with Crippen LogP contribution in [0.1, 0.15) is 34.9 Å². The van der Waals surface area contributed by atoms with Crippen molar-refractivity contribution in [3.63, 3.8) is 0 Å². The molecule has 0 saturated carbocycles. The number of ether oxygens (including phenoxy) is 1. The van der Waals surface area contributed by atoms with Gasteiger partial charge in [0.2, 0.25) is 0 Å². The fourth-order valence-corrected chi connectivity index (χ4v) is 4.05. The fourth-order valence-electron chi connectivity index (χ4n) is 2.65. The molecule has 4 heteroatoms. The van der Waals surface area contributed by atoms with Crippen molar-refractivity contribution >= 4 is 27.3 Å². The lowest BCUT2D eigenvalue weighted by atomic mass is 10.00. The third-order valence-electron chi connectivity index (χ3n) is 3.65. The highest BCUT2D eigenvalue weighted by molar-refractivity contribution is 9.10. The van der Waals surface area contributed by atoms with Gasteiger partial charge in [0.15, 0.2) is 0 Å². The van der Waals surface area contributed by atoms with Crippen molar-refractivity contribution in [3.8, 4) is 5.75 Å². The van der Waals surface area contributed by atoms with Crippen molar-refractivity contribution in [2.45, 2.75) is 32.4 Å². The predicted octanol–water partition coefficient (Wildman–Crippen LogP) is 4.82. The molecule has 0 saturated heterocycles. The summed E-state index contributed by atoms with van der Waals surface area (Å²) in [5.41, 5.74) is 2.54. The SMILES string of the molecule is Cc1cccc2c1OCCCC2NCc1cc(Br)cs1. The average Bonchev–Trinajstić information content (AvgIpc) is 2.73. The summed E-state index contributed by atoms with van der Waals surface area (Å²) >= 11 is 5.30. The lowest BCUT2D eigenvalue weighted by Gasteiger charge is -2.19. The van der Waals surface area contributed by atoms with Gasteiger partial charge in [-0.25, -0.2) is 0 Å². The van der Waals surface area contributed by atoms with Crippen molar-refractivity contribution in [3.05, 3.63) is 50.1 Å². The molecular formula is C16H18BrNOS. The first-order chi connectivity index (χ1) is 9.74. The molecule has 0 bridgehead atoms. The maximum atomic E-state index is 5.92. The number of fused-ring (bicyclic) bond motifs is 1. The number of hydrogen-bond acceptors (Lipinski definition) is 3. The minimum atomic E-state index is 0.383. The van der Waals surface area contributed by atoms with Gasteiger partial charge >= 0.3 is 0 Å². The summed E-state index contributed by atoms with van der Waals surface area (Å²) in [5, 5.41) is 5.81. The van der Waals surface area contributed by atoms with E-state index in [9.17, 15) is 0 Å². The van der Waals surface area contributed by atoms with Gasteiger partial charge in [0.1, 0.15) is 5.75 Å². The number of benzene rings is 1. The van der Waals surface area contributed by atoms with Crippen LogP contribution >= 0.6 is 27.3 Å². The summed E-state index contributed by atoms with van der Waals surface area (Å²) in [6.45, 7) is 3.85. The third kappa shape index (κ3) is 3.08. The maximum Gasteiger partial charge on any atom is 0.126 e. The molecule has 2 heterocycles. The van der Waals surface area contributed by atoms with Gasteiger partial charge < -0.3 is 10.1 Å². The molecule has 1 unspecified atom stereocenters. The first kappa shape index (κ1) is 14.1. The van der Waals surface area contributed by atoms with E-state index in [-0.39, 0.29) is 0 Å². The van der Waals surface area contributed by atoms with E-state index in [1.807, 2.05) is 0 Å². The summed E-state index contributed by atoms with van der Waals surface area (Å²) in [5.74, 6) is 1.08. The zero-order chi connectivity index (χ0) is 13.9. The second-order valence-electron chi connectivity index (χ2n) is 5.15. The molecule has 1 aromatic heterocycles. The van der Waals surface area contributed by atoms with Crippen molar-refractivity contribution in [1.82, 2.24) is 5.32 Å². The van der Waals surface area contributed by atoms with E-state index in [0.717, 1.165) is 31.7 Å². The van der Waals surface area contributed by atoms with Gasteiger partial charge in [-0.1, -0.05) is 18.2 Å². The Morgan fingerprint density at radius 3 is 3.15 bits per heavy atom. The highest BCUT2D eigenvalue weighted by Crippen LogP contribution is 2.34. The molecule has 2 aromatic rings. The van der Waals surface area contributed by atoms with Crippen LogP contribution in [0.3, 0.4) is 0 Å². The van der Waals surface area contributed by atoms with Gasteiger partial charge in [-0.2, -0.15) is 0 Å². The van der Waals surface area contributed by atoms with Crippen LogP contribution in [-0.4, -0.2) is 6.61 Å². The van der Waals surface area contributed by atoms with Gasteiger partial charge in [-0.05, 0) is 47.3 Å². The molecule has 0 fully saturated rings. The fraction of sp³-hybridized carbons (Fsp3) is 0.375. The standard InChI is InChI=1S/C16H18BrNOS/c1-11-4-2-5-14-15(6-3-7-19-16(11)14)18-9-13-8-12(17)10-20-13/h2,4-5,8,10,15,18H,3,6-7,9H2,1H3. The number of thiophene rings is 1. The van der Waals surface area contributed by atoms with Crippen LogP contribution in [-0.2, 0) is 6.54 Å². The Balaban J connectivity index is 1.78. The number of nitrogens with one attached hydrogen (secondary N) is 1. The molecule has 2 nitrogen and oxygen atoms in total. The number of hydrogen-bond donors (Lipinski definition) is 1. The number of para-hydroxylation sites is 1. The second kappa shape index (κ2) is 6.29. The molecule has 1 aromatic carbocycles. The molecule has 3 rings (SSSR count). The normalized spacial score (nSPS) is 18.2. The summed E-state index contributed by atoms with van der Waals surface area (Å²) in [6.07, 6.45) is 2.23. The summed E-state index contributed by atoms with van der Waals surface area (Å²) < 4.78 is 7.09. The number of rotatable bonds is 3. The molecule has 1 atom stereocenters. The van der Waals surface area contributed by atoms with Gasteiger partial charge in [-0.15, -0.1) is 11.3 Å². The highest BCUT2D eigenvalue weighted by Gasteiger charge is 2.20. The van der Waals surface area contributed by atoms with Crippen LogP contribution in [0.25, 0.3) is 0 Å². The van der Waals surface area contributed by atoms with Crippen LogP contribution in [0, 0.1) is 6.92 Å². The molecular weight excluding hydrogens is 334 g/mol. The van der Waals surface area contributed by atoms with Gasteiger partial charge in [0.25, 0.3) is 0 Å². The van der Waals surface area contributed by atoms with E-state index in [1.165, 1.54) is 20.5 Å². The van der Waals surface area contributed by atoms with Crippen molar-refractivity contribution in [2.75, 3.05) is 6.61 Å². The predicted molar refractivity (Wildman–Crippen MR) is 87.5 cm³/mol. The number of halogens is 1. The molecule has 20 heavy (non-hydrogen) atoms. The Morgan fingerprint density at radius 2 is 2.35 bits per heavy atom. The van der Waals surface area contributed by atoms with Crippen LogP contribution in [0.15, 0.2) is 34.1 Å². The maximum absolute atomic E-state index is 5.92. The Kier molecular flexibility index (Phi) is 4.44. The van der Waals surface area contributed by atoms with Gasteiger partial charge in [0, 0.05) is 32.9 Å². The quantitative estimate of drug-likeness (QED) is 0.855. The van der Waals surface area contributed by atoms with E-state index in [0.29, 0.717) is 6.04 Å². The third-order valence-corrected chi connectivity index (χ3v) is 5.34. The Hall–Kier alpha value is -0.840. The molecule has 1 aliphatic heterocycles. The van der Waals surface area contributed by atoms with E-state index >= 15 is 0 Å². The van der Waals surface area contributed by atoms with E-state index in [4.69, 9.17) is 4.74 Å². The topological polar surface area (TPSA) is 21.3 Å². The minimum absolute atomic E-state index is 0.383. The Bertz CT molecular complexity index is 596. The van der Waals surface area contributed by atoms with Crippen molar-refractivity contribution in [2.24, 2.45) is 0 Å². The molecule has 106 valence electrons. The molecule has 0 amide bonds. The van der Waals surface area contributed by atoms with E-state index < -0.39 is 0 Å². The summed E-state index contributed by atoms with van der Waals surface area (Å²) in [6, 6.07) is 9.00. The second-order valence-corrected chi connectivity index (χ2v) is 7.06. The largest absolute Gasteiger partial charge is 0.493 e. The minimum Gasteiger partial charge on any atom is -0.493 e. The zero-order valence-corrected chi connectivity index (χ0v) is 13.9. The first-order valence-electron chi connectivity index (χ1n) is 6.92. The van der Waals surface area contributed by atoms with Crippen LogP contribution in [0.2, 0.25) is 0 Å². The lowest BCUT2D eigenvalue weighted by molar-refractivity contribution is 0.313. The monoisotopic (exact) mass is 351 g/mol. The highest BCUT2D eigenvalue weighted by atomic mass is 79.9. The van der Waals surface area contributed by atoms with E-state index in [1.54, 1.807) is 11.3 Å². The molecule has 0 spiro atoms. The Morgan fingerprint density at radius 1 is 1.45 bits per heavy atom. The lowest BCUT2D eigenvalue weighted by Crippen LogP contribution is -2.20. The molecule has 1 aliphatic rings. The van der Waals surface area contributed by atoms with Crippen LogP contribution < -0.4 is 10.1 Å². The van der Waals surface area contributed by atoms with Crippen LogP contribution in [0.5, 0.6) is 5.75 Å². The average molecular weight is 352 g/mol. The van der Waals surface area contributed by atoms with Gasteiger partial charge in [-0.3, -0.25) is 0 Å². The Labute approximate surface area is 132 Å². The molecule has 0 radical (unpaired) electrons. The number of aryl methyl sites for hydroxylation is 1. The van der Waals surface area contributed by atoms with Crippen molar-refractivity contribution in [1.29, 1.82) is 0 Å².